The summed E-state index contributed by atoms with van der Waals surface area (Å²) in [5, 5.41) is 3.22. The number of hydrogen-bond donors (Lipinski definition) is 2. The Morgan fingerprint density at radius 3 is 2.38 bits per heavy atom. The number of carbonyl (C=O) groups excluding carboxylic acids is 2. The Kier molecular flexibility index (Phi) is 15.0. The van der Waals surface area contributed by atoms with E-state index >= 15 is 0 Å². The number of sulfonamides is 1. The summed E-state index contributed by atoms with van der Waals surface area (Å²) in [6.45, 7) is 8.19. The third kappa shape index (κ3) is 12.9. The van der Waals surface area contributed by atoms with Crippen LogP contribution in [0.15, 0.2) is 65.9 Å². The second-order valence-electron chi connectivity index (χ2n) is 11.5. The van der Waals surface area contributed by atoms with Gasteiger partial charge in [-0.05, 0) is 63.5 Å². The molecule has 1 saturated heterocycles. The molecule has 1 aromatic carbocycles. The van der Waals surface area contributed by atoms with Gasteiger partial charge in [-0.2, -0.15) is 0 Å². The standard InChI is InChI=1S/C27H38N2O.C6H13NO4S/c1-2-3-15-25(27(30)28-19-18-23-13-7-4-8-14-23)22-24-16-9-5-10-17-26(24)29-20-11-6-12-21-29;1-6(2,11-3)5(8)7-12(4,9)10/h4-5,7-10,13-14,16,25H,2-3,6,11-12,15,17-22H2,1H3,(H,28,30);1-4H3,(H,7,8). The lowest BCUT2D eigenvalue weighted by Gasteiger charge is -2.33. The van der Waals surface area contributed by atoms with Gasteiger partial charge in [-0.1, -0.05) is 74.4 Å². The van der Waals surface area contributed by atoms with Crippen LogP contribution in [0.4, 0.5) is 0 Å². The number of benzene rings is 1. The predicted molar refractivity (Wildman–Crippen MR) is 170 cm³/mol. The molecule has 1 heterocycles. The molecule has 8 nitrogen and oxygen atoms in total. The molecule has 2 N–H and O–H groups in total. The van der Waals surface area contributed by atoms with E-state index in [0.29, 0.717) is 6.54 Å². The zero-order valence-corrected chi connectivity index (χ0v) is 27.0. The minimum atomic E-state index is -3.50. The van der Waals surface area contributed by atoms with Crippen LogP contribution in [-0.2, 0) is 30.8 Å². The van der Waals surface area contributed by atoms with Crippen molar-refractivity contribution in [3.8, 4) is 0 Å². The van der Waals surface area contributed by atoms with Crippen molar-refractivity contribution >= 4 is 21.8 Å². The Balaban J connectivity index is 0.000000435. The first-order valence-electron chi connectivity index (χ1n) is 15.2. The second kappa shape index (κ2) is 17.9. The Labute approximate surface area is 253 Å². The molecule has 0 radical (unpaired) electrons. The summed E-state index contributed by atoms with van der Waals surface area (Å²) in [5.41, 5.74) is 2.96. The van der Waals surface area contributed by atoms with Crippen molar-refractivity contribution in [3.05, 3.63) is 71.5 Å². The molecule has 1 aliphatic carbocycles. The fourth-order valence-electron chi connectivity index (χ4n) is 4.88. The van der Waals surface area contributed by atoms with Crippen molar-refractivity contribution < 1.29 is 22.7 Å². The highest BCUT2D eigenvalue weighted by molar-refractivity contribution is 7.89. The molecule has 1 unspecified atom stereocenters. The zero-order valence-electron chi connectivity index (χ0n) is 26.2. The zero-order chi connectivity index (χ0) is 31.0. The highest BCUT2D eigenvalue weighted by atomic mass is 32.2. The number of carbonyl (C=O) groups is 2. The van der Waals surface area contributed by atoms with Gasteiger partial charge in [-0.3, -0.25) is 14.3 Å². The summed E-state index contributed by atoms with van der Waals surface area (Å²) < 4.78 is 27.8. The van der Waals surface area contributed by atoms with E-state index in [4.69, 9.17) is 4.74 Å². The van der Waals surface area contributed by atoms with Gasteiger partial charge in [-0.25, -0.2) is 8.42 Å². The van der Waals surface area contributed by atoms with E-state index in [9.17, 15) is 18.0 Å². The molecule has 0 saturated carbocycles. The highest BCUT2D eigenvalue weighted by Gasteiger charge is 2.29. The van der Waals surface area contributed by atoms with Gasteiger partial charge in [0.15, 0.2) is 0 Å². The van der Waals surface area contributed by atoms with Crippen LogP contribution in [-0.4, -0.2) is 63.7 Å². The van der Waals surface area contributed by atoms with Gasteiger partial charge in [-0.15, -0.1) is 0 Å². The summed E-state index contributed by atoms with van der Waals surface area (Å²) in [7, 11) is -2.16. The highest BCUT2D eigenvalue weighted by Crippen LogP contribution is 2.29. The lowest BCUT2D eigenvalue weighted by molar-refractivity contribution is -0.137. The SMILES string of the molecule is CCCCC(CC1=C(N2CCCCC2)CC=CC=C1)C(=O)NCCc1ccccc1.COC(C)(C)C(=O)NS(C)(=O)=O. The van der Waals surface area contributed by atoms with Crippen LogP contribution in [0.2, 0.25) is 0 Å². The number of unbranched alkanes of at least 4 members (excludes halogenated alkanes) is 1. The Morgan fingerprint density at radius 1 is 1.07 bits per heavy atom. The number of piperidine rings is 1. The van der Waals surface area contributed by atoms with Crippen LogP contribution in [0.25, 0.3) is 0 Å². The van der Waals surface area contributed by atoms with Crippen LogP contribution < -0.4 is 10.0 Å². The molecular formula is C33H51N3O5S. The molecule has 3 rings (SSSR count). The van der Waals surface area contributed by atoms with Gasteiger partial charge in [0.2, 0.25) is 15.9 Å². The average molecular weight is 602 g/mol. The van der Waals surface area contributed by atoms with Crippen LogP contribution >= 0.6 is 0 Å². The number of amides is 2. The van der Waals surface area contributed by atoms with Crippen LogP contribution in [0.1, 0.15) is 77.7 Å². The molecule has 0 aromatic heterocycles. The summed E-state index contributed by atoms with van der Waals surface area (Å²) >= 11 is 0. The number of allylic oxidation sites excluding steroid dienone is 5. The Morgan fingerprint density at radius 2 is 1.76 bits per heavy atom. The first kappa shape index (κ1) is 35.3. The topological polar surface area (TPSA) is 105 Å². The van der Waals surface area contributed by atoms with Gasteiger partial charge in [0.1, 0.15) is 5.60 Å². The fraction of sp³-hybridized carbons (Fsp3) is 0.576. The van der Waals surface area contributed by atoms with Crippen molar-refractivity contribution in [2.75, 3.05) is 33.0 Å². The molecule has 42 heavy (non-hydrogen) atoms. The minimum Gasteiger partial charge on any atom is -0.374 e. The van der Waals surface area contributed by atoms with E-state index in [1.165, 1.54) is 57.1 Å². The minimum absolute atomic E-state index is 0.0539. The quantitative estimate of drug-likeness (QED) is 0.319. The molecular weight excluding hydrogens is 550 g/mol. The molecule has 1 fully saturated rings. The largest absolute Gasteiger partial charge is 0.374 e. The molecule has 1 aliphatic heterocycles. The summed E-state index contributed by atoms with van der Waals surface area (Å²) in [6, 6.07) is 10.4. The number of nitrogens with one attached hydrogen (secondary N) is 2. The molecule has 0 bridgehead atoms. The molecule has 1 atom stereocenters. The number of hydrogen-bond acceptors (Lipinski definition) is 6. The van der Waals surface area contributed by atoms with Gasteiger partial charge < -0.3 is 15.0 Å². The summed E-state index contributed by atoms with van der Waals surface area (Å²) in [6.07, 6.45) is 19.5. The molecule has 234 valence electrons. The van der Waals surface area contributed by atoms with Crippen molar-refractivity contribution in [3.63, 3.8) is 0 Å². The maximum Gasteiger partial charge on any atom is 0.265 e. The molecule has 9 heteroatoms. The number of ether oxygens (including phenoxy) is 1. The number of likely N-dealkylation sites (tertiary alicyclic amines) is 1. The van der Waals surface area contributed by atoms with E-state index < -0.39 is 21.5 Å². The van der Waals surface area contributed by atoms with Crippen LogP contribution in [0.5, 0.6) is 0 Å². The van der Waals surface area contributed by atoms with Gasteiger partial charge >= 0.3 is 0 Å². The molecule has 0 spiro atoms. The van der Waals surface area contributed by atoms with E-state index in [1.54, 1.807) is 0 Å². The van der Waals surface area contributed by atoms with E-state index in [0.717, 1.165) is 57.9 Å². The molecule has 2 aliphatic rings. The predicted octanol–water partition coefficient (Wildman–Crippen LogP) is 5.29. The van der Waals surface area contributed by atoms with Crippen molar-refractivity contribution in [1.29, 1.82) is 0 Å². The lowest BCUT2D eigenvalue weighted by atomic mass is 9.91. The second-order valence-corrected chi connectivity index (χ2v) is 13.2. The van der Waals surface area contributed by atoms with Gasteiger partial charge in [0, 0.05) is 44.8 Å². The first-order valence-corrected chi connectivity index (χ1v) is 17.0. The maximum absolute atomic E-state index is 13.1. The lowest BCUT2D eigenvalue weighted by Crippen LogP contribution is -2.45. The summed E-state index contributed by atoms with van der Waals surface area (Å²) in [5.74, 6) is -0.402. The number of nitrogens with zero attached hydrogens (tertiary/aromatic N) is 1. The van der Waals surface area contributed by atoms with E-state index in [1.807, 2.05) is 10.8 Å². The molecule has 2 amide bonds. The van der Waals surface area contributed by atoms with Crippen LogP contribution in [0.3, 0.4) is 0 Å². The van der Waals surface area contributed by atoms with Crippen molar-refractivity contribution in [1.82, 2.24) is 14.9 Å². The van der Waals surface area contributed by atoms with Gasteiger partial charge in [0.05, 0.1) is 6.26 Å². The monoisotopic (exact) mass is 601 g/mol. The van der Waals surface area contributed by atoms with Crippen molar-refractivity contribution in [2.45, 2.75) is 84.2 Å². The maximum atomic E-state index is 13.1. The van der Waals surface area contributed by atoms with Gasteiger partial charge in [0.25, 0.3) is 5.91 Å². The normalized spacial score (nSPS) is 16.3. The molecule has 1 aromatic rings. The third-order valence-electron chi connectivity index (χ3n) is 7.60. The third-order valence-corrected chi connectivity index (χ3v) is 8.15. The fourth-order valence-corrected chi connectivity index (χ4v) is 5.47. The first-order chi connectivity index (χ1) is 20.0. The Hall–Kier alpha value is -2.91. The number of methoxy groups -OCH3 is 1. The van der Waals surface area contributed by atoms with E-state index in [2.05, 4.69) is 65.7 Å². The van der Waals surface area contributed by atoms with Crippen molar-refractivity contribution in [2.24, 2.45) is 5.92 Å². The Bertz CT molecular complexity index is 1180. The number of rotatable bonds is 13. The van der Waals surface area contributed by atoms with E-state index in [-0.39, 0.29) is 11.8 Å². The summed E-state index contributed by atoms with van der Waals surface area (Å²) in [4.78, 5) is 26.8. The van der Waals surface area contributed by atoms with Crippen LogP contribution in [0, 0.1) is 5.92 Å². The average Bonchev–Trinajstić information content (AvgIpc) is 3.21. The smallest absolute Gasteiger partial charge is 0.265 e.